The number of benzene rings is 3. The van der Waals surface area contributed by atoms with Gasteiger partial charge in [-0.15, -0.1) is 0 Å². The zero-order valence-corrected chi connectivity index (χ0v) is 19.2. The summed E-state index contributed by atoms with van der Waals surface area (Å²) in [6.07, 6.45) is 0.855. The first-order chi connectivity index (χ1) is 15.0. The highest BCUT2D eigenvalue weighted by Crippen LogP contribution is 2.35. The fraction of sp³-hybridized carbons (Fsp3) is 0.240. The Morgan fingerprint density at radius 3 is 2.45 bits per heavy atom. The van der Waals surface area contributed by atoms with Gasteiger partial charge in [0, 0.05) is 23.9 Å². The molecule has 0 heterocycles. The number of halogens is 2. The number of amides is 1. The molecule has 0 unspecified atom stereocenters. The molecule has 0 bridgehead atoms. The molecule has 3 aromatic carbocycles. The van der Waals surface area contributed by atoms with Crippen molar-refractivity contribution in [3.63, 3.8) is 0 Å². The average molecular weight is 486 g/mol. The summed E-state index contributed by atoms with van der Waals surface area (Å²) in [4.78, 5) is 14.2. The lowest BCUT2D eigenvalue weighted by Crippen LogP contribution is -2.28. The molecule has 0 N–H and O–H groups in total. The van der Waals surface area contributed by atoms with Crippen molar-refractivity contribution in [1.29, 1.82) is 0 Å². The molecule has 0 saturated carbocycles. The molecule has 0 spiro atoms. The Hall–Kier alpha value is -2.86. The molecule has 0 saturated heterocycles. The molecule has 0 aliphatic rings. The minimum Gasteiger partial charge on any atom is -0.492 e. The van der Waals surface area contributed by atoms with Crippen molar-refractivity contribution < 1.29 is 18.7 Å². The summed E-state index contributed by atoms with van der Waals surface area (Å²) in [5, 5.41) is 0.692. The molecule has 1 amide bonds. The van der Waals surface area contributed by atoms with Gasteiger partial charge >= 0.3 is 0 Å². The van der Waals surface area contributed by atoms with E-state index < -0.39 is 5.82 Å². The van der Waals surface area contributed by atoms with Gasteiger partial charge in [0.05, 0.1) is 18.8 Å². The van der Waals surface area contributed by atoms with Crippen molar-refractivity contribution in [2.45, 2.75) is 26.8 Å². The molecule has 3 rings (SSSR count). The summed E-state index contributed by atoms with van der Waals surface area (Å²) in [5.41, 5.74) is 2.35. The van der Waals surface area contributed by atoms with Crippen LogP contribution in [0, 0.1) is 5.82 Å². The van der Waals surface area contributed by atoms with Crippen LogP contribution in [0.15, 0.2) is 66.7 Å². The van der Waals surface area contributed by atoms with E-state index >= 15 is 0 Å². The first-order valence-corrected chi connectivity index (χ1v) is 11.2. The van der Waals surface area contributed by atoms with Gasteiger partial charge in [0.15, 0.2) is 5.75 Å². The van der Waals surface area contributed by atoms with E-state index in [-0.39, 0.29) is 12.5 Å². The van der Waals surface area contributed by atoms with Crippen molar-refractivity contribution in [3.8, 4) is 17.2 Å². The fourth-order valence-electron chi connectivity index (χ4n) is 3.21. The van der Waals surface area contributed by atoms with E-state index in [1.165, 1.54) is 30.0 Å². The monoisotopic (exact) mass is 485 g/mol. The van der Waals surface area contributed by atoms with Crippen molar-refractivity contribution in [1.82, 2.24) is 0 Å². The SMILES string of the molecule is CCc1ccc(OCCBr)c(CN(C(C)=O)c2cc(F)ccc2Oc2ccccc2)c1. The van der Waals surface area contributed by atoms with Crippen molar-refractivity contribution in [2.75, 3.05) is 16.8 Å². The molecular formula is C25H25BrFNO3. The minimum atomic E-state index is -0.445. The third-order valence-electron chi connectivity index (χ3n) is 4.76. The number of alkyl halides is 1. The number of carbonyl (C=O) groups is 1. The number of ether oxygens (including phenoxy) is 2. The summed E-state index contributed by atoms with van der Waals surface area (Å²) in [5.74, 6) is 1.03. The summed E-state index contributed by atoms with van der Waals surface area (Å²) in [7, 11) is 0. The lowest BCUT2D eigenvalue weighted by molar-refractivity contribution is -0.116. The molecule has 0 atom stereocenters. The second-order valence-electron chi connectivity index (χ2n) is 6.97. The molecule has 0 radical (unpaired) electrons. The predicted octanol–water partition coefficient (Wildman–Crippen LogP) is 6.51. The Kier molecular flexibility index (Phi) is 8.06. The van der Waals surface area contributed by atoms with E-state index in [9.17, 15) is 9.18 Å². The zero-order valence-electron chi connectivity index (χ0n) is 17.6. The smallest absolute Gasteiger partial charge is 0.224 e. The Morgan fingerprint density at radius 2 is 1.77 bits per heavy atom. The summed E-state index contributed by atoms with van der Waals surface area (Å²) in [6, 6.07) is 19.3. The standard InChI is InChI=1S/C25H25BrFNO3/c1-3-19-9-11-24(30-14-13-26)20(15-19)17-28(18(2)29)23-16-21(27)10-12-25(23)31-22-7-5-4-6-8-22/h4-12,15-16H,3,13-14,17H2,1-2H3. The van der Waals surface area contributed by atoms with E-state index in [1.807, 2.05) is 48.5 Å². The average Bonchev–Trinajstić information content (AvgIpc) is 2.78. The van der Waals surface area contributed by atoms with Crippen LogP contribution in [-0.2, 0) is 17.8 Å². The molecule has 31 heavy (non-hydrogen) atoms. The van der Waals surface area contributed by atoms with Crippen molar-refractivity contribution in [3.05, 3.63) is 83.7 Å². The number of rotatable bonds is 9. The maximum Gasteiger partial charge on any atom is 0.224 e. The van der Waals surface area contributed by atoms with Crippen LogP contribution in [0.1, 0.15) is 25.0 Å². The molecule has 162 valence electrons. The largest absolute Gasteiger partial charge is 0.492 e. The van der Waals surface area contributed by atoms with Gasteiger partial charge < -0.3 is 14.4 Å². The van der Waals surface area contributed by atoms with Crippen LogP contribution in [0.3, 0.4) is 0 Å². The number of para-hydroxylation sites is 1. The summed E-state index contributed by atoms with van der Waals surface area (Å²) >= 11 is 3.37. The quantitative estimate of drug-likeness (QED) is 0.324. The van der Waals surface area contributed by atoms with Gasteiger partial charge in [0.25, 0.3) is 0 Å². The van der Waals surface area contributed by atoms with E-state index in [1.54, 1.807) is 0 Å². The molecule has 0 aromatic heterocycles. The van der Waals surface area contributed by atoms with Gasteiger partial charge in [0.1, 0.15) is 17.3 Å². The van der Waals surface area contributed by atoms with E-state index in [0.29, 0.717) is 34.9 Å². The van der Waals surface area contributed by atoms with E-state index in [4.69, 9.17) is 9.47 Å². The number of carbonyl (C=O) groups excluding carboxylic acids is 1. The maximum absolute atomic E-state index is 14.2. The van der Waals surface area contributed by atoms with Crippen LogP contribution >= 0.6 is 15.9 Å². The van der Waals surface area contributed by atoms with Gasteiger partial charge in [-0.3, -0.25) is 4.79 Å². The Bertz CT molecular complexity index is 1030. The maximum atomic E-state index is 14.2. The van der Waals surface area contributed by atoms with Gasteiger partial charge in [0.2, 0.25) is 5.91 Å². The normalized spacial score (nSPS) is 10.6. The Morgan fingerprint density at radius 1 is 1.03 bits per heavy atom. The van der Waals surface area contributed by atoms with Crippen LogP contribution in [0.4, 0.5) is 10.1 Å². The van der Waals surface area contributed by atoms with Crippen LogP contribution in [0.5, 0.6) is 17.2 Å². The van der Waals surface area contributed by atoms with E-state index in [0.717, 1.165) is 17.5 Å². The first kappa shape index (κ1) is 22.8. The fourth-order valence-corrected chi connectivity index (χ4v) is 3.37. The third-order valence-corrected chi connectivity index (χ3v) is 5.08. The van der Waals surface area contributed by atoms with Gasteiger partial charge in [-0.1, -0.05) is 53.2 Å². The highest BCUT2D eigenvalue weighted by atomic mass is 79.9. The van der Waals surface area contributed by atoms with E-state index in [2.05, 4.69) is 22.9 Å². The number of aryl methyl sites for hydroxylation is 1. The van der Waals surface area contributed by atoms with Crippen LogP contribution < -0.4 is 14.4 Å². The number of anilines is 1. The zero-order chi connectivity index (χ0) is 22.2. The third kappa shape index (κ3) is 6.07. The molecule has 0 fully saturated rings. The number of hydrogen-bond acceptors (Lipinski definition) is 3. The Balaban J connectivity index is 2.00. The number of nitrogens with zero attached hydrogens (tertiary/aromatic N) is 1. The molecule has 4 nitrogen and oxygen atoms in total. The number of hydrogen-bond donors (Lipinski definition) is 0. The van der Waals surface area contributed by atoms with Gasteiger partial charge in [-0.25, -0.2) is 4.39 Å². The van der Waals surface area contributed by atoms with Crippen molar-refractivity contribution >= 4 is 27.5 Å². The van der Waals surface area contributed by atoms with Crippen LogP contribution in [-0.4, -0.2) is 17.8 Å². The molecule has 3 aromatic rings. The molecule has 0 aliphatic carbocycles. The predicted molar refractivity (Wildman–Crippen MR) is 125 cm³/mol. The van der Waals surface area contributed by atoms with Crippen LogP contribution in [0.25, 0.3) is 0 Å². The second-order valence-corrected chi connectivity index (χ2v) is 7.76. The topological polar surface area (TPSA) is 38.8 Å². The molecular weight excluding hydrogens is 461 g/mol. The summed E-state index contributed by atoms with van der Waals surface area (Å²) < 4.78 is 26.0. The highest BCUT2D eigenvalue weighted by molar-refractivity contribution is 9.09. The lowest BCUT2D eigenvalue weighted by Gasteiger charge is -2.25. The lowest BCUT2D eigenvalue weighted by atomic mass is 10.1. The molecule has 0 aliphatic heterocycles. The summed E-state index contributed by atoms with van der Waals surface area (Å²) in [6.45, 7) is 4.26. The first-order valence-electron chi connectivity index (χ1n) is 10.1. The van der Waals surface area contributed by atoms with Gasteiger partial charge in [-0.2, -0.15) is 0 Å². The second kappa shape index (κ2) is 11.0. The Labute approximate surface area is 190 Å². The van der Waals surface area contributed by atoms with Crippen LogP contribution in [0.2, 0.25) is 0 Å². The van der Waals surface area contributed by atoms with Gasteiger partial charge in [-0.05, 0) is 42.3 Å². The van der Waals surface area contributed by atoms with Crippen molar-refractivity contribution in [2.24, 2.45) is 0 Å². The minimum absolute atomic E-state index is 0.225. The molecule has 6 heteroatoms. The highest BCUT2D eigenvalue weighted by Gasteiger charge is 2.20.